The van der Waals surface area contributed by atoms with Gasteiger partial charge in [-0.15, -0.1) is 11.3 Å². The molecule has 0 aliphatic heterocycles. The van der Waals surface area contributed by atoms with E-state index in [1.54, 1.807) is 23.7 Å². The Morgan fingerprint density at radius 1 is 1.17 bits per heavy atom. The lowest BCUT2D eigenvalue weighted by molar-refractivity contribution is -0.118. The fourth-order valence-corrected chi connectivity index (χ4v) is 2.71. The number of furan rings is 1. The molecule has 0 radical (unpaired) electrons. The summed E-state index contributed by atoms with van der Waals surface area (Å²) in [4.78, 5) is 28.8. The van der Waals surface area contributed by atoms with Crippen molar-refractivity contribution < 1.29 is 14.0 Å². The fourth-order valence-electron chi connectivity index (χ4n) is 2.17. The molecule has 6 nitrogen and oxygen atoms in total. The zero-order valence-corrected chi connectivity index (χ0v) is 13.5. The first-order valence-corrected chi connectivity index (χ1v) is 8.19. The summed E-state index contributed by atoms with van der Waals surface area (Å²) in [5.41, 5.74) is 0.941. The third-order valence-electron chi connectivity index (χ3n) is 3.31. The monoisotopic (exact) mass is 341 g/mol. The van der Waals surface area contributed by atoms with Gasteiger partial charge in [-0.05, 0) is 17.7 Å². The molecule has 0 bridgehead atoms. The number of carbonyl (C=O) groups excluding carboxylic acids is 2. The topological polar surface area (TPSA) is 84.2 Å². The molecule has 1 atom stereocenters. The Balaban J connectivity index is 1.74. The number of hydrogen-bond donors (Lipinski definition) is 2. The summed E-state index contributed by atoms with van der Waals surface area (Å²) < 4.78 is 5.08. The number of benzene rings is 1. The highest BCUT2D eigenvalue weighted by Gasteiger charge is 2.23. The van der Waals surface area contributed by atoms with Crippen LogP contribution in [0.1, 0.15) is 16.1 Å². The van der Waals surface area contributed by atoms with Gasteiger partial charge >= 0.3 is 0 Å². The van der Waals surface area contributed by atoms with Crippen LogP contribution in [0.3, 0.4) is 0 Å². The summed E-state index contributed by atoms with van der Waals surface area (Å²) in [6.45, 7) is 0. The fraction of sp³-hybridized carbons (Fsp3) is 0.118. The van der Waals surface area contributed by atoms with E-state index < -0.39 is 11.9 Å². The van der Waals surface area contributed by atoms with Crippen LogP contribution in [0.15, 0.2) is 64.7 Å². The van der Waals surface area contributed by atoms with Gasteiger partial charge < -0.3 is 15.1 Å². The summed E-state index contributed by atoms with van der Waals surface area (Å²) in [7, 11) is 0. The van der Waals surface area contributed by atoms with E-state index in [1.165, 1.54) is 17.6 Å². The van der Waals surface area contributed by atoms with Gasteiger partial charge in [0.25, 0.3) is 5.91 Å². The molecule has 2 N–H and O–H groups in total. The van der Waals surface area contributed by atoms with Crippen molar-refractivity contribution in [2.45, 2.75) is 12.5 Å². The van der Waals surface area contributed by atoms with Crippen LogP contribution in [0, 0.1) is 0 Å². The Labute approximate surface area is 142 Å². The van der Waals surface area contributed by atoms with Crippen LogP contribution in [0.2, 0.25) is 0 Å². The van der Waals surface area contributed by atoms with Crippen molar-refractivity contribution in [3.05, 3.63) is 71.6 Å². The molecule has 3 aromatic rings. The van der Waals surface area contributed by atoms with E-state index in [-0.39, 0.29) is 11.7 Å². The molecule has 2 heterocycles. The lowest BCUT2D eigenvalue weighted by atomic mass is 10.1. The maximum atomic E-state index is 12.5. The molecule has 0 spiro atoms. The maximum absolute atomic E-state index is 12.5. The minimum Gasteiger partial charge on any atom is -0.459 e. The largest absolute Gasteiger partial charge is 0.459 e. The summed E-state index contributed by atoms with van der Waals surface area (Å²) in [5.74, 6) is -0.598. The van der Waals surface area contributed by atoms with Gasteiger partial charge in [0.15, 0.2) is 10.9 Å². The van der Waals surface area contributed by atoms with Crippen molar-refractivity contribution in [1.29, 1.82) is 0 Å². The first-order chi connectivity index (χ1) is 11.7. The Kier molecular flexibility index (Phi) is 5.02. The molecule has 0 aliphatic rings. The zero-order chi connectivity index (χ0) is 16.8. The van der Waals surface area contributed by atoms with Crippen LogP contribution in [0.25, 0.3) is 0 Å². The van der Waals surface area contributed by atoms with Gasteiger partial charge in [0.1, 0.15) is 6.04 Å². The number of carbonyl (C=O) groups is 2. The highest BCUT2D eigenvalue weighted by atomic mass is 32.1. The third-order valence-corrected chi connectivity index (χ3v) is 4.00. The minimum atomic E-state index is -0.742. The number of nitrogens with zero attached hydrogens (tertiary/aromatic N) is 1. The molecular weight excluding hydrogens is 326 g/mol. The average molecular weight is 341 g/mol. The quantitative estimate of drug-likeness (QED) is 0.722. The van der Waals surface area contributed by atoms with E-state index in [1.807, 2.05) is 30.3 Å². The van der Waals surface area contributed by atoms with Gasteiger partial charge in [0.05, 0.1) is 6.26 Å². The minimum absolute atomic E-state index is 0.162. The number of anilines is 1. The smallest absolute Gasteiger partial charge is 0.287 e. The second-order valence-corrected chi connectivity index (χ2v) is 5.91. The van der Waals surface area contributed by atoms with Gasteiger partial charge in [-0.3, -0.25) is 9.59 Å². The maximum Gasteiger partial charge on any atom is 0.287 e. The van der Waals surface area contributed by atoms with Gasteiger partial charge in [-0.1, -0.05) is 30.3 Å². The number of nitrogens with one attached hydrogen (secondary N) is 2. The number of rotatable bonds is 6. The van der Waals surface area contributed by atoms with Crippen molar-refractivity contribution >= 4 is 28.3 Å². The molecule has 0 saturated carbocycles. The molecule has 2 aromatic heterocycles. The van der Waals surface area contributed by atoms with Crippen molar-refractivity contribution in [1.82, 2.24) is 10.3 Å². The molecule has 7 heteroatoms. The van der Waals surface area contributed by atoms with Gasteiger partial charge in [-0.2, -0.15) is 0 Å². The molecule has 1 aromatic carbocycles. The average Bonchev–Trinajstić information content (AvgIpc) is 3.29. The van der Waals surface area contributed by atoms with E-state index in [4.69, 9.17) is 4.42 Å². The third kappa shape index (κ3) is 4.08. The summed E-state index contributed by atoms with van der Waals surface area (Å²) >= 11 is 1.32. The lowest BCUT2D eigenvalue weighted by Crippen LogP contribution is -2.45. The molecule has 122 valence electrons. The Morgan fingerprint density at radius 3 is 2.67 bits per heavy atom. The molecule has 3 rings (SSSR count). The van der Waals surface area contributed by atoms with Crippen molar-refractivity contribution in [3.8, 4) is 0 Å². The van der Waals surface area contributed by atoms with Crippen molar-refractivity contribution in [2.24, 2.45) is 0 Å². The summed E-state index contributed by atoms with van der Waals surface area (Å²) in [5, 5.41) is 7.69. The van der Waals surface area contributed by atoms with Gasteiger partial charge in [-0.25, -0.2) is 4.98 Å². The second-order valence-electron chi connectivity index (χ2n) is 5.02. The number of aromatic nitrogens is 1. The number of amides is 2. The molecule has 2 amide bonds. The van der Waals surface area contributed by atoms with Crippen LogP contribution in [-0.4, -0.2) is 22.8 Å². The van der Waals surface area contributed by atoms with Crippen LogP contribution in [0.4, 0.5) is 5.13 Å². The van der Waals surface area contributed by atoms with Crippen LogP contribution in [-0.2, 0) is 11.2 Å². The normalized spacial score (nSPS) is 11.7. The summed E-state index contributed by atoms with van der Waals surface area (Å²) in [6, 6.07) is 11.9. The number of thiazole rings is 1. The van der Waals surface area contributed by atoms with E-state index in [2.05, 4.69) is 15.6 Å². The van der Waals surface area contributed by atoms with Crippen molar-refractivity contribution in [2.75, 3.05) is 5.32 Å². The Morgan fingerprint density at radius 2 is 2.00 bits per heavy atom. The molecular formula is C17H15N3O3S. The second kappa shape index (κ2) is 7.56. The van der Waals surface area contributed by atoms with E-state index in [9.17, 15) is 9.59 Å². The molecule has 0 fully saturated rings. The number of hydrogen-bond acceptors (Lipinski definition) is 5. The highest BCUT2D eigenvalue weighted by molar-refractivity contribution is 7.13. The predicted molar refractivity (Wildman–Crippen MR) is 90.9 cm³/mol. The van der Waals surface area contributed by atoms with E-state index in [0.717, 1.165) is 5.56 Å². The Hall–Kier alpha value is -2.93. The van der Waals surface area contributed by atoms with Crippen LogP contribution in [0.5, 0.6) is 0 Å². The molecule has 0 saturated heterocycles. The summed E-state index contributed by atoms with van der Waals surface area (Å²) in [6.07, 6.45) is 3.38. The Bertz CT molecular complexity index is 786. The lowest BCUT2D eigenvalue weighted by Gasteiger charge is -2.17. The van der Waals surface area contributed by atoms with E-state index >= 15 is 0 Å². The molecule has 1 unspecified atom stereocenters. The SMILES string of the molecule is O=C(NC(Cc1ccccc1)C(=O)Nc1nccs1)c1ccco1. The van der Waals surface area contributed by atoms with Crippen molar-refractivity contribution in [3.63, 3.8) is 0 Å². The predicted octanol–water partition coefficient (Wildman–Crippen LogP) is 2.72. The molecule has 0 aliphatic carbocycles. The zero-order valence-electron chi connectivity index (χ0n) is 12.6. The van der Waals surface area contributed by atoms with Gasteiger partial charge in [0.2, 0.25) is 5.91 Å². The first-order valence-electron chi connectivity index (χ1n) is 7.31. The van der Waals surface area contributed by atoms with E-state index in [0.29, 0.717) is 11.6 Å². The van der Waals surface area contributed by atoms with Crippen LogP contribution >= 0.6 is 11.3 Å². The first kappa shape index (κ1) is 15.9. The molecule has 24 heavy (non-hydrogen) atoms. The van der Waals surface area contributed by atoms with Crippen LogP contribution < -0.4 is 10.6 Å². The standard InChI is InChI=1S/C17H15N3O3S/c21-15(20-17-18-8-10-24-17)13(11-12-5-2-1-3-6-12)19-16(22)14-7-4-9-23-14/h1-10,13H,11H2,(H,19,22)(H,18,20,21). The highest BCUT2D eigenvalue weighted by Crippen LogP contribution is 2.12. The van der Waals surface area contributed by atoms with Gasteiger partial charge in [0, 0.05) is 18.0 Å².